The van der Waals surface area contributed by atoms with Gasteiger partial charge in [0.2, 0.25) is 5.91 Å². The Morgan fingerprint density at radius 2 is 1.78 bits per heavy atom. The van der Waals surface area contributed by atoms with Crippen LogP contribution in [0.25, 0.3) is 0 Å². The molecule has 1 atom stereocenters. The topological polar surface area (TPSA) is 32.3 Å². The quantitative estimate of drug-likeness (QED) is 0.842. The van der Waals surface area contributed by atoms with E-state index in [1.165, 1.54) is 43.5 Å². The molecule has 0 aromatic heterocycles. The highest BCUT2D eigenvalue weighted by Crippen LogP contribution is 2.18. The van der Waals surface area contributed by atoms with Crippen LogP contribution in [0.15, 0.2) is 36.4 Å². The average molecular weight is 312 g/mol. The minimum absolute atomic E-state index is 0.165. The standard InChI is InChI=1S/C20H28N2O/c23-20(19-7-3-1-4-8-19)21-15-17-9-11-18(12-10-17)16-22-13-5-2-6-14-22/h1,3,9-12,19H,2,4-8,13-16H2,(H,21,23). The molecule has 1 aromatic carbocycles. The van der Waals surface area contributed by atoms with E-state index in [9.17, 15) is 4.79 Å². The van der Waals surface area contributed by atoms with Crippen LogP contribution >= 0.6 is 0 Å². The second-order valence-corrected chi connectivity index (χ2v) is 6.85. The Morgan fingerprint density at radius 1 is 1.04 bits per heavy atom. The smallest absolute Gasteiger partial charge is 0.223 e. The molecule has 23 heavy (non-hydrogen) atoms. The fourth-order valence-electron chi connectivity index (χ4n) is 3.50. The molecule has 1 fully saturated rings. The second kappa shape index (κ2) is 8.30. The molecule has 0 saturated carbocycles. The van der Waals surface area contributed by atoms with Gasteiger partial charge in [0.1, 0.15) is 0 Å². The fourth-order valence-corrected chi connectivity index (χ4v) is 3.50. The van der Waals surface area contributed by atoms with E-state index in [0.717, 1.165) is 25.8 Å². The van der Waals surface area contributed by atoms with Crippen molar-refractivity contribution in [1.29, 1.82) is 0 Å². The minimum atomic E-state index is 0.165. The first-order chi connectivity index (χ1) is 11.3. The maximum absolute atomic E-state index is 12.1. The first-order valence-corrected chi connectivity index (χ1v) is 9.04. The zero-order chi connectivity index (χ0) is 15.9. The zero-order valence-corrected chi connectivity index (χ0v) is 14.0. The van der Waals surface area contributed by atoms with Gasteiger partial charge in [-0.3, -0.25) is 9.69 Å². The van der Waals surface area contributed by atoms with Crippen LogP contribution in [-0.2, 0) is 17.9 Å². The molecule has 1 unspecified atom stereocenters. The van der Waals surface area contributed by atoms with Crippen LogP contribution in [0.2, 0.25) is 0 Å². The molecular weight excluding hydrogens is 284 g/mol. The van der Waals surface area contributed by atoms with Crippen LogP contribution in [0.5, 0.6) is 0 Å². The van der Waals surface area contributed by atoms with Crippen molar-refractivity contribution in [3.05, 3.63) is 47.5 Å². The van der Waals surface area contributed by atoms with Gasteiger partial charge in [-0.15, -0.1) is 0 Å². The predicted octanol–water partition coefficient (Wildman–Crippen LogP) is 3.65. The molecule has 1 aromatic rings. The number of nitrogens with one attached hydrogen (secondary N) is 1. The monoisotopic (exact) mass is 312 g/mol. The van der Waals surface area contributed by atoms with E-state index >= 15 is 0 Å². The van der Waals surface area contributed by atoms with Gasteiger partial charge in [-0.05, 0) is 56.3 Å². The molecule has 3 rings (SSSR count). The Labute approximate surface area is 139 Å². The van der Waals surface area contributed by atoms with Gasteiger partial charge >= 0.3 is 0 Å². The maximum atomic E-state index is 12.1. The Hall–Kier alpha value is -1.61. The van der Waals surface area contributed by atoms with Crippen molar-refractivity contribution >= 4 is 5.91 Å². The van der Waals surface area contributed by atoms with Crippen molar-refractivity contribution in [2.24, 2.45) is 5.92 Å². The summed E-state index contributed by atoms with van der Waals surface area (Å²) in [4.78, 5) is 14.7. The lowest BCUT2D eigenvalue weighted by Gasteiger charge is -2.26. The summed E-state index contributed by atoms with van der Waals surface area (Å²) in [7, 11) is 0. The van der Waals surface area contributed by atoms with Gasteiger partial charge in [-0.25, -0.2) is 0 Å². The molecule has 1 aliphatic carbocycles. The van der Waals surface area contributed by atoms with Gasteiger partial charge in [0.05, 0.1) is 0 Å². The van der Waals surface area contributed by atoms with Gasteiger partial charge in [0.15, 0.2) is 0 Å². The highest BCUT2D eigenvalue weighted by atomic mass is 16.1. The summed E-state index contributed by atoms with van der Waals surface area (Å²) in [6, 6.07) is 8.72. The number of hydrogen-bond donors (Lipinski definition) is 1. The van der Waals surface area contributed by atoms with E-state index in [1.807, 2.05) is 0 Å². The van der Waals surface area contributed by atoms with Crippen molar-refractivity contribution in [3.8, 4) is 0 Å². The maximum Gasteiger partial charge on any atom is 0.223 e. The fraction of sp³-hybridized carbons (Fsp3) is 0.550. The summed E-state index contributed by atoms with van der Waals surface area (Å²) in [6.07, 6.45) is 11.3. The lowest BCUT2D eigenvalue weighted by atomic mass is 9.93. The van der Waals surface area contributed by atoms with Crippen LogP contribution in [0.4, 0.5) is 0 Å². The molecule has 1 saturated heterocycles. The number of allylic oxidation sites excluding steroid dienone is 2. The number of hydrogen-bond acceptors (Lipinski definition) is 2. The van der Waals surface area contributed by atoms with Gasteiger partial charge < -0.3 is 5.32 Å². The molecule has 1 heterocycles. The number of rotatable bonds is 5. The third-order valence-corrected chi connectivity index (χ3v) is 4.98. The van der Waals surface area contributed by atoms with Crippen molar-refractivity contribution in [1.82, 2.24) is 10.2 Å². The zero-order valence-electron chi connectivity index (χ0n) is 14.0. The molecule has 0 spiro atoms. The second-order valence-electron chi connectivity index (χ2n) is 6.85. The van der Waals surface area contributed by atoms with E-state index in [0.29, 0.717) is 6.54 Å². The number of carbonyl (C=O) groups is 1. The molecule has 1 N–H and O–H groups in total. The number of likely N-dealkylation sites (tertiary alicyclic amines) is 1. The van der Waals surface area contributed by atoms with E-state index in [-0.39, 0.29) is 11.8 Å². The van der Waals surface area contributed by atoms with Crippen LogP contribution in [-0.4, -0.2) is 23.9 Å². The average Bonchev–Trinajstić information content (AvgIpc) is 2.62. The summed E-state index contributed by atoms with van der Waals surface area (Å²) in [6.45, 7) is 4.16. The number of carbonyl (C=O) groups excluding carboxylic acids is 1. The predicted molar refractivity (Wildman–Crippen MR) is 93.9 cm³/mol. The lowest BCUT2D eigenvalue weighted by Crippen LogP contribution is -2.30. The SMILES string of the molecule is O=C(NCc1ccc(CN2CCCCC2)cc1)C1CC=CCC1. The summed E-state index contributed by atoms with van der Waals surface area (Å²) in [5.41, 5.74) is 2.56. The summed E-state index contributed by atoms with van der Waals surface area (Å²) < 4.78 is 0. The minimum Gasteiger partial charge on any atom is -0.352 e. The van der Waals surface area contributed by atoms with Crippen molar-refractivity contribution in [3.63, 3.8) is 0 Å². The molecule has 1 aliphatic heterocycles. The van der Waals surface area contributed by atoms with E-state index < -0.39 is 0 Å². The van der Waals surface area contributed by atoms with Crippen molar-refractivity contribution in [2.45, 2.75) is 51.6 Å². The van der Waals surface area contributed by atoms with Crippen molar-refractivity contribution < 1.29 is 4.79 Å². The van der Waals surface area contributed by atoms with Crippen LogP contribution in [0.3, 0.4) is 0 Å². The number of amides is 1. The Bertz CT molecular complexity index is 529. The molecule has 0 bridgehead atoms. The molecule has 1 amide bonds. The molecule has 3 heteroatoms. The van der Waals surface area contributed by atoms with Crippen LogP contribution in [0.1, 0.15) is 49.7 Å². The van der Waals surface area contributed by atoms with Gasteiger partial charge in [-0.2, -0.15) is 0 Å². The third kappa shape index (κ3) is 4.93. The molecule has 124 valence electrons. The highest BCUT2D eigenvalue weighted by Gasteiger charge is 2.18. The van der Waals surface area contributed by atoms with Crippen LogP contribution < -0.4 is 5.32 Å². The first-order valence-electron chi connectivity index (χ1n) is 9.04. The number of nitrogens with zero attached hydrogens (tertiary/aromatic N) is 1. The highest BCUT2D eigenvalue weighted by molar-refractivity contribution is 5.78. The largest absolute Gasteiger partial charge is 0.352 e. The third-order valence-electron chi connectivity index (χ3n) is 4.98. The Balaban J connectivity index is 1.45. The van der Waals surface area contributed by atoms with E-state index in [4.69, 9.17) is 0 Å². The Morgan fingerprint density at radius 3 is 2.48 bits per heavy atom. The normalized spacial score (nSPS) is 22.0. The van der Waals surface area contributed by atoms with E-state index in [1.54, 1.807) is 0 Å². The van der Waals surface area contributed by atoms with Gasteiger partial charge in [0, 0.05) is 19.0 Å². The van der Waals surface area contributed by atoms with Crippen LogP contribution in [0, 0.1) is 5.92 Å². The molecule has 0 radical (unpaired) electrons. The summed E-state index contributed by atoms with van der Waals surface area (Å²) in [5, 5.41) is 3.09. The Kier molecular flexibility index (Phi) is 5.87. The number of piperidine rings is 1. The summed E-state index contributed by atoms with van der Waals surface area (Å²) >= 11 is 0. The molecular formula is C20H28N2O. The molecule has 3 nitrogen and oxygen atoms in total. The van der Waals surface area contributed by atoms with Gasteiger partial charge in [-0.1, -0.05) is 42.8 Å². The number of benzene rings is 1. The first kappa shape index (κ1) is 16.3. The molecule has 2 aliphatic rings. The van der Waals surface area contributed by atoms with E-state index in [2.05, 4.69) is 46.6 Å². The van der Waals surface area contributed by atoms with Crippen molar-refractivity contribution in [2.75, 3.05) is 13.1 Å². The lowest BCUT2D eigenvalue weighted by molar-refractivity contribution is -0.125. The van der Waals surface area contributed by atoms with Gasteiger partial charge in [0.25, 0.3) is 0 Å². The summed E-state index contributed by atoms with van der Waals surface area (Å²) in [5.74, 6) is 0.366.